The van der Waals surface area contributed by atoms with E-state index >= 15 is 0 Å². The summed E-state index contributed by atoms with van der Waals surface area (Å²) in [5, 5.41) is 7.96. The second-order valence-corrected chi connectivity index (χ2v) is 6.83. The van der Waals surface area contributed by atoms with E-state index in [4.69, 9.17) is 5.84 Å². The predicted octanol–water partition coefficient (Wildman–Crippen LogP) is 2.15. The van der Waals surface area contributed by atoms with E-state index < -0.39 is 0 Å². The minimum absolute atomic E-state index is 0.0410. The maximum atomic E-state index is 5.59. The molecule has 0 aliphatic carbocycles. The molecule has 92 valence electrons. The molecule has 0 fully saturated rings. The summed E-state index contributed by atoms with van der Waals surface area (Å²) in [6, 6.07) is 2.09. The molecule has 8 heteroatoms. The Morgan fingerprint density at radius 3 is 2.82 bits per heavy atom. The van der Waals surface area contributed by atoms with Gasteiger partial charge in [-0.25, -0.2) is 0 Å². The molecule has 17 heavy (non-hydrogen) atoms. The van der Waals surface area contributed by atoms with Crippen molar-refractivity contribution in [2.24, 2.45) is 12.9 Å². The van der Waals surface area contributed by atoms with Crippen molar-refractivity contribution in [1.29, 1.82) is 0 Å². The highest BCUT2D eigenvalue weighted by atomic mass is 79.9. The molecule has 1 unspecified atom stereocenters. The van der Waals surface area contributed by atoms with Gasteiger partial charge in [0.05, 0.1) is 15.5 Å². The summed E-state index contributed by atoms with van der Waals surface area (Å²) in [7, 11) is 1.85. The lowest BCUT2D eigenvalue weighted by Gasteiger charge is -2.11. The minimum atomic E-state index is 0.0410. The molecule has 2 aromatic heterocycles. The molecule has 0 spiro atoms. The Morgan fingerprint density at radius 2 is 2.35 bits per heavy atom. The van der Waals surface area contributed by atoms with Crippen LogP contribution in [-0.4, -0.2) is 15.0 Å². The third-order valence-electron chi connectivity index (χ3n) is 2.27. The van der Waals surface area contributed by atoms with Gasteiger partial charge < -0.3 is 0 Å². The van der Waals surface area contributed by atoms with Crippen LogP contribution in [0.5, 0.6) is 0 Å². The van der Waals surface area contributed by atoms with Crippen LogP contribution >= 0.6 is 43.2 Å². The van der Waals surface area contributed by atoms with Gasteiger partial charge in [0.1, 0.15) is 0 Å². The topological polar surface area (TPSA) is 68.8 Å². The SMILES string of the molecule is Cn1cc(CC(NN)c2cc(Br)c(Br)s2)nn1. The molecule has 0 aromatic carbocycles. The number of hydrogen-bond donors (Lipinski definition) is 2. The van der Waals surface area contributed by atoms with E-state index in [0.29, 0.717) is 6.42 Å². The summed E-state index contributed by atoms with van der Waals surface area (Å²) < 4.78 is 3.78. The molecule has 0 saturated carbocycles. The van der Waals surface area contributed by atoms with Crippen molar-refractivity contribution >= 4 is 43.2 Å². The minimum Gasteiger partial charge on any atom is -0.271 e. The first-order chi connectivity index (χ1) is 8.10. The summed E-state index contributed by atoms with van der Waals surface area (Å²) in [6.07, 6.45) is 2.60. The molecule has 0 aliphatic rings. The van der Waals surface area contributed by atoms with Crippen LogP contribution in [0, 0.1) is 0 Å². The van der Waals surface area contributed by atoms with E-state index in [1.54, 1.807) is 16.0 Å². The first kappa shape index (κ1) is 13.2. The highest BCUT2D eigenvalue weighted by molar-refractivity contribution is 9.13. The van der Waals surface area contributed by atoms with E-state index in [-0.39, 0.29) is 6.04 Å². The van der Waals surface area contributed by atoms with Crippen LogP contribution in [0.2, 0.25) is 0 Å². The molecule has 2 rings (SSSR count). The molecule has 2 heterocycles. The van der Waals surface area contributed by atoms with Gasteiger partial charge in [-0.1, -0.05) is 5.21 Å². The van der Waals surface area contributed by atoms with E-state index in [0.717, 1.165) is 18.8 Å². The Balaban J connectivity index is 2.16. The Morgan fingerprint density at radius 1 is 1.59 bits per heavy atom. The van der Waals surface area contributed by atoms with E-state index in [1.165, 1.54) is 0 Å². The van der Waals surface area contributed by atoms with Crippen molar-refractivity contribution < 1.29 is 0 Å². The number of nitrogens with one attached hydrogen (secondary N) is 1. The maximum Gasteiger partial charge on any atom is 0.0846 e. The van der Waals surface area contributed by atoms with Gasteiger partial charge in [0.2, 0.25) is 0 Å². The largest absolute Gasteiger partial charge is 0.271 e. The molecule has 0 aliphatic heterocycles. The normalized spacial score (nSPS) is 12.9. The second-order valence-electron chi connectivity index (χ2n) is 3.58. The smallest absolute Gasteiger partial charge is 0.0846 e. The molecule has 5 nitrogen and oxygen atoms in total. The molecular formula is C9H11Br2N5S. The molecule has 3 N–H and O–H groups in total. The fourth-order valence-corrected chi connectivity index (χ4v) is 3.62. The number of halogens is 2. The van der Waals surface area contributed by atoms with Crippen LogP contribution in [0.25, 0.3) is 0 Å². The Kier molecular flexibility index (Phi) is 4.31. The quantitative estimate of drug-likeness (QED) is 0.629. The van der Waals surface area contributed by atoms with Crippen LogP contribution in [0.3, 0.4) is 0 Å². The van der Waals surface area contributed by atoms with Crippen molar-refractivity contribution in [3.8, 4) is 0 Å². The highest BCUT2D eigenvalue weighted by Gasteiger charge is 2.16. The zero-order valence-electron chi connectivity index (χ0n) is 9.02. The van der Waals surface area contributed by atoms with Crippen LogP contribution in [-0.2, 0) is 13.5 Å². The number of aryl methyl sites for hydroxylation is 1. The molecule has 1 atom stereocenters. The molecular weight excluding hydrogens is 370 g/mol. The van der Waals surface area contributed by atoms with E-state index in [1.807, 2.05) is 13.2 Å². The number of hydrazine groups is 1. The van der Waals surface area contributed by atoms with Crippen molar-refractivity contribution in [3.63, 3.8) is 0 Å². The third-order valence-corrected chi connectivity index (χ3v) is 5.64. The zero-order valence-corrected chi connectivity index (χ0v) is 13.0. The summed E-state index contributed by atoms with van der Waals surface area (Å²) in [5.41, 5.74) is 3.72. The fraction of sp³-hybridized carbons (Fsp3) is 0.333. The number of nitrogens with two attached hydrogens (primary N) is 1. The average molecular weight is 381 g/mol. The van der Waals surface area contributed by atoms with E-state index in [9.17, 15) is 0 Å². The fourth-order valence-electron chi connectivity index (χ4n) is 1.47. The third kappa shape index (κ3) is 3.14. The Bertz CT molecular complexity index is 490. The average Bonchev–Trinajstić information content (AvgIpc) is 2.83. The van der Waals surface area contributed by atoms with Gasteiger partial charge in [0, 0.05) is 29.0 Å². The highest BCUT2D eigenvalue weighted by Crippen LogP contribution is 2.36. The number of aromatic nitrogens is 3. The van der Waals surface area contributed by atoms with Crippen LogP contribution in [0.4, 0.5) is 0 Å². The molecule has 0 bridgehead atoms. The van der Waals surface area contributed by atoms with Crippen molar-refractivity contribution in [2.75, 3.05) is 0 Å². The summed E-state index contributed by atoms with van der Waals surface area (Å²) in [5.74, 6) is 5.59. The summed E-state index contributed by atoms with van der Waals surface area (Å²) in [6.45, 7) is 0. The standard InChI is InChI=1S/C9H11Br2N5S/c1-16-4-5(14-15-16)2-7(13-12)8-3-6(10)9(11)17-8/h3-4,7,13H,2,12H2,1H3. The number of nitrogens with zero attached hydrogens (tertiary/aromatic N) is 3. The molecule has 0 amide bonds. The van der Waals surface area contributed by atoms with Crippen molar-refractivity contribution in [2.45, 2.75) is 12.5 Å². The first-order valence-electron chi connectivity index (χ1n) is 4.86. The van der Waals surface area contributed by atoms with Crippen LogP contribution in [0.1, 0.15) is 16.6 Å². The summed E-state index contributed by atoms with van der Waals surface area (Å²) >= 11 is 8.59. The zero-order chi connectivity index (χ0) is 12.4. The summed E-state index contributed by atoms with van der Waals surface area (Å²) in [4.78, 5) is 1.15. The van der Waals surface area contributed by atoms with Crippen LogP contribution in [0.15, 0.2) is 20.5 Å². The Hall–Kier alpha value is -0.280. The van der Waals surface area contributed by atoms with Crippen LogP contribution < -0.4 is 11.3 Å². The van der Waals surface area contributed by atoms with Gasteiger partial charge in [0.25, 0.3) is 0 Å². The number of thiophene rings is 1. The first-order valence-corrected chi connectivity index (χ1v) is 7.26. The van der Waals surface area contributed by atoms with Gasteiger partial charge in [-0.15, -0.1) is 16.4 Å². The van der Waals surface area contributed by atoms with Gasteiger partial charge in [-0.05, 0) is 37.9 Å². The maximum absolute atomic E-state index is 5.59. The number of hydrogen-bond acceptors (Lipinski definition) is 5. The molecule has 0 saturated heterocycles. The lowest BCUT2D eigenvalue weighted by Crippen LogP contribution is -2.29. The predicted molar refractivity (Wildman–Crippen MR) is 74.5 cm³/mol. The Labute approximate surface area is 120 Å². The van der Waals surface area contributed by atoms with Crippen molar-refractivity contribution in [3.05, 3.63) is 31.1 Å². The molecule has 0 radical (unpaired) electrons. The van der Waals surface area contributed by atoms with E-state index in [2.05, 4.69) is 53.7 Å². The number of rotatable bonds is 4. The van der Waals surface area contributed by atoms with Gasteiger partial charge in [-0.3, -0.25) is 16.0 Å². The lowest BCUT2D eigenvalue weighted by atomic mass is 10.1. The van der Waals surface area contributed by atoms with Gasteiger partial charge in [0.15, 0.2) is 0 Å². The van der Waals surface area contributed by atoms with Gasteiger partial charge >= 0.3 is 0 Å². The second kappa shape index (κ2) is 5.57. The van der Waals surface area contributed by atoms with Crippen molar-refractivity contribution in [1.82, 2.24) is 20.4 Å². The molecule has 2 aromatic rings. The monoisotopic (exact) mass is 379 g/mol. The lowest BCUT2D eigenvalue weighted by molar-refractivity contribution is 0.553. The van der Waals surface area contributed by atoms with Gasteiger partial charge in [-0.2, -0.15) is 0 Å².